The maximum Gasteiger partial charge on any atom is 0.339 e. The molecule has 0 saturated carbocycles. The summed E-state index contributed by atoms with van der Waals surface area (Å²) in [4.78, 5) is 16.8. The highest BCUT2D eigenvalue weighted by atomic mass is 19.1. The quantitative estimate of drug-likeness (QED) is 0.530. The van der Waals surface area contributed by atoms with Crippen molar-refractivity contribution in [3.63, 3.8) is 0 Å². The van der Waals surface area contributed by atoms with Gasteiger partial charge in [0.25, 0.3) is 0 Å². The van der Waals surface area contributed by atoms with E-state index in [2.05, 4.69) is 11.6 Å². The molecule has 1 aromatic heterocycles. The Morgan fingerprint density at radius 3 is 2.65 bits per heavy atom. The van der Waals surface area contributed by atoms with Gasteiger partial charge in [-0.25, -0.2) is 14.2 Å². The van der Waals surface area contributed by atoms with Crippen molar-refractivity contribution in [2.24, 2.45) is 0 Å². The van der Waals surface area contributed by atoms with Crippen LogP contribution in [0.25, 0.3) is 22.2 Å². The monoisotopic (exact) mass is 307 g/mol. The molecule has 0 saturated heterocycles. The summed E-state index contributed by atoms with van der Waals surface area (Å²) in [5, 5.41) is 0.715. The third kappa shape index (κ3) is 3.11. The number of hydrogen-bond acceptors (Lipinski definition) is 3. The number of esters is 1. The van der Waals surface area contributed by atoms with E-state index in [0.29, 0.717) is 22.2 Å². The molecular formula is C19H14FNO2. The lowest BCUT2D eigenvalue weighted by molar-refractivity contribution is 0.0552. The van der Waals surface area contributed by atoms with Gasteiger partial charge in [0.15, 0.2) is 0 Å². The van der Waals surface area contributed by atoms with E-state index in [1.165, 1.54) is 18.2 Å². The van der Waals surface area contributed by atoms with Crippen molar-refractivity contribution in [1.29, 1.82) is 0 Å². The molecule has 0 N–H and O–H groups in total. The second-order valence-electron chi connectivity index (χ2n) is 4.97. The summed E-state index contributed by atoms with van der Waals surface area (Å²) in [6.45, 7) is 3.68. The first-order valence-corrected chi connectivity index (χ1v) is 7.13. The van der Waals surface area contributed by atoms with E-state index >= 15 is 0 Å². The van der Waals surface area contributed by atoms with Crippen molar-refractivity contribution in [2.45, 2.75) is 0 Å². The average Bonchev–Trinajstić information content (AvgIpc) is 2.59. The Kier molecular flexibility index (Phi) is 4.15. The van der Waals surface area contributed by atoms with Gasteiger partial charge >= 0.3 is 5.97 Å². The number of carbonyl (C=O) groups is 1. The van der Waals surface area contributed by atoms with Crippen LogP contribution in [-0.4, -0.2) is 17.6 Å². The van der Waals surface area contributed by atoms with Gasteiger partial charge in [0.2, 0.25) is 0 Å². The highest BCUT2D eigenvalue weighted by Crippen LogP contribution is 2.25. The van der Waals surface area contributed by atoms with E-state index in [-0.39, 0.29) is 12.4 Å². The SMILES string of the molecule is C=CCOC(=O)c1cc(-c2ccc(F)cc2)nc2ccccc12. The summed E-state index contributed by atoms with van der Waals surface area (Å²) in [6.07, 6.45) is 1.52. The molecule has 0 bridgehead atoms. The molecule has 114 valence electrons. The van der Waals surface area contributed by atoms with E-state index in [4.69, 9.17) is 4.74 Å². The molecule has 3 nitrogen and oxygen atoms in total. The maximum absolute atomic E-state index is 13.1. The second-order valence-corrected chi connectivity index (χ2v) is 4.97. The molecule has 23 heavy (non-hydrogen) atoms. The minimum absolute atomic E-state index is 0.140. The van der Waals surface area contributed by atoms with Crippen molar-refractivity contribution >= 4 is 16.9 Å². The average molecular weight is 307 g/mol. The predicted molar refractivity (Wildman–Crippen MR) is 87.6 cm³/mol. The number of rotatable bonds is 4. The minimum Gasteiger partial charge on any atom is -0.458 e. The third-order valence-electron chi connectivity index (χ3n) is 3.41. The predicted octanol–water partition coefficient (Wildman–Crippen LogP) is 4.38. The van der Waals surface area contributed by atoms with E-state index in [1.54, 1.807) is 18.2 Å². The van der Waals surface area contributed by atoms with Crippen LogP contribution in [0.1, 0.15) is 10.4 Å². The molecular weight excluding hydrogens is 293 g/mol. The van der Waals surface area contributed by atoms with Crippen LogP contribution in [0.5, 0.6) is 0 Å². The third-order valence-corrected chi connectivity index (χ3v) is 3.41. The van der Waals surface area contributed by atoms with Gasteiger partial charge in [-0.2, -0.15) is 0 Å². The molecule has 0 aliphatic heterocycles. The summed E-state index contributed by atoms with van der Waals surface area (Å²) in [5.74, 6) is -0.757. The fourth-order valence-electron chi connectivity index (χ4n) is 2.33. The number of hydrogen-bond donors (Lipinski definition) is 0. The van der Waals surface area contributed by atoms with E-state index in [0.717, 1.165) is 5.56 Å². The van der Waals surface area contributed by atoms with Crippen molar-refractivity contribution in [1.82, 2.24) is 4.98 Å². The highest BCUT2D eigenvalue weighted by molar-refractivity contribution is 6.04. The van der Waals surface area contributed by atoms with E-state index in [1.807, 2.05) is 24.3 Å². The largest absolute Gasteiger partial charge is 0.458 e. The van der Waals surface area contributed by atoms with Gasteiger partial charge in [0, 0.05) is 10.9 Å². The number of halogens is 1. The molecule has 0 fully saturated rings. The van der Waals surface area contributed by atoms with Crippen molar-refractivity contribution in [3.05, 3.63) is 78.6 Å². The lowest BCUT2D eigenvalue weighted by Gasteiger charge is -2.09. The number of pyridine rings is 1. The molecule has 0 unspecified atom stereocenters. The normalized spacial score (nSPS) is 10.5. The van der Waals surface area contributed by atoms with Crippen molar-refractivity contribution in [2.75, 3.05) is 6.61 Å². The van der Waals surface area contributed by atoms with Gasteiger partial charge in [-0.05, 0) is 36.4 Å². The van der Waals surface area contributed by atoms with Crippen LogP contribution in [0.15, 0.2) is 67.3 Å². The van der Waals surface area contributed by atoms with Crippen molar-refractivity contribution in [3.8, 4) is 11.3 Å². The number of nitrogens with zero attached hydrogens (tertiary/aromatic N) is 1. The topological polar surface area (TPSA) is 39.2 Å². The number of fused-ring (bicyclic) bond motifs is 1. The standard InChI is InChI=1S/C19H14FNO2/c1-2-11-23-19(22)16-12-18(13-7-9-14(20)10-8-13)21-17-6-4-3-5-15(16)17/h2-10,12H,1,11H2. The Labute approximate surface area is 133 Å². The Hall–Kier alpha value is -3.01. The van der Waals surface area contributed by atoms with Crippen LogP contribution < -0.4 is 0 Å². The molecule has 0 aliphatic carbocycles. The Morgan fingerprint density at radius 2 is 1.91 bits per heavy atom. The summed E-state index contributed by atoms with van der Waals surface area (Å²) < 4.78 is 18.2. The first-order chi connectivity index (χ1) is 11.2. The minimum atomic E-state index is -0.438. The Morgan fingerprint density at radius 1 is 1.17 bits per heavy atom. The highest BCUT2D eigenvalue weighted by Gasteiger charge is 2.14. The molecule has 1 heterocycles. The van der Waals surface area contributed by atoms with Gasteiger partial charge in [-0.15, -0.1) is 0 Å². The Balaban J connectivity index is 2.15. The van der Waals surface area contributed by atoms with Crippen LogP contribution in [-0.2, 0) is 4.74 Å². The number of aromatic nitrogens is 1. The molecule has 3 rings (SSSR count). The zero-order valence-corrected chi connectivity index (χ0v) is 12.3. The van der Waals surface area contributed by atoms with E-state index < -0.39 is 5.97 Å². The van der Waals surface area contributed by atoms with E-state index in [9.17, 15) is 9.18 Å². The number of ether oxygens (including phenoxy) is 1. The molecule has 0 spiro atoms. The smallest absolute Gasteiger partial charge is 0.339 e. The second kappa shape index (κ2) is 6.40. The fraction of sp³-hybridized carbons (Fsp3) is 0.0526. The fourth-order valence-corrected chi connectivity index (χ4v) is 2.33. The molecule has 0 atom stereocenters. The first-order valence-electron chi connectivity index (χ1n) is 7.13. The molecule has 0 amide bonds. The van der Waals surface area contributed by atoms with Crippen LogP contribution in [0.3, 0.4) is 0 Å². The van der Waals surface area contributed by atoms with Gasteiger partial charge in [0.05, 0.1) is 16.8 Å². The molecule has 2 aromatic carbocycles. The van der Waals surface area contributed by atoms with Gasteiger partial charge in [-0.3, -0.25) is 0 Å². The Bertz CT molecular complexity index is 872. The van der Waals surface area contributed by atoms with Crippen LogP contribution in [0.2, 0.25) is 0 Å². The van der Waals surface area contributed by atoms with Gasteiger partial charge in [0.1, 0.15) is 12.4 Å². The molecule has 0 radical (unpaired) electrons. The summed E-state index contributed by atoms with van der Waals surface area (Å²) in [7, 11) is 0. The van der Waals surface area contributed by atoms with Gasteiger partial charge < -0.3 is 4.74 Å². The van der Waals surface area contributed by atoms with Crippen LogP contribution in [0.4, 0.5) is 4.39 Å². The number of benzene rings is 2. The zero-order valence-electron chi connectivity index (χ0n) is 12.3. The maximum atomic E-state index is 13.1. The lowest BCUT2D eigenvalue weighted by Crippen LogP contribution is -2.07. The summed E-state index contributed by atoms with van der Waals surface area (Å²) >= 11 is 0. The lowest BCUT2D eigenvalue weighted by atomic mass is 10.0. The zero-order chi connectivity index (χ0) is 16.2. The first kappa shape index (κ1) is 14.9. The molecule has 0 aliphatic rings. The molecule has 4 heteroatoms. The van der Waals surface area contributed by atoms with Crippen molar-refractivity contribution < 1.29 is 13.9 Å². The molecule has 3 aromatic rings. The van der Waals surface area contributed by atoms with Crippen LogP contribution >= 0.6 is 0 Å². The number of carbonyl (C=O) groups excluding carboxylic acids is 1. The summed E-state index contributed by atoms with van der Waals surface area (Å²) in [6, 6.07) is 15.0. The van der Waals surface area contributed by atoms with Gasteiger partial charge in [-0.1, -0.05) is 30.9 Å². The van der Waals surface area contributed by atoms with Crippen LogP contribution in [0, 0.1) is 5.82 Å². The summed E-state index contributed by atoms with van der Waals surface area (Å²) in [5.41, 5.74) is 2.43. The number of para-hydroxylation sites is 1.